The van der Waals surface area contributed by atoms with E-state index in [1.54, 1.807) is 12.1 Å². The van der Waals surface area contributed by atoms with E-state index in [1.165, 1.54) is 12.1 Å². The van der Waals surface area contributed by atoms with Crippen molar-refractivity contribution < 1.29 is 37.3 Å². The molecule has 3 rings (SSSR count). The minimum absolute atomic E-state index is 0.00244. The summed E-state index contributed by atoms with van der Waals surface area (Å²) in [6, 6.07) is 9.69. The van der Waals surface area contributed by atoms with Crippen molar-refractivity contribution in [1.82, 2.24) is 0 Å². The normalized spacial score (nSPS) is 14.5. The molecular weight excluding hydrogens is 405 g/mol. The lowest BCUT2D eigenvalue weighted by atomic mass is 9.96. The predicted octanol–water partition coefficient (Wildman–Crippen LogP) is 3.21. The minimum Gasteiger partial charge on any atom is -0.454 e. The van der Waals surface area contributed by atoms with Crippen LogP contribution in [0, 0.1) is 17.2 Å². The van der Waals surface area contributed by atoms with Crippen molar-refractivity contribution >= 4 is 17.4 Å². The molecule has 1 aliphatic heterocycles. The number of carbonyl (C=O) groups is 2. The molecule has 1 aliphatic rings. The van der Waals surface area contributed by atoms with Crippen LogP contribution in [0.4, 0.5) is 18.9 Å². The van der Waals surface area contributed by atoms with E-state index in [2.05, 4.69) is 5.32 Å². The number of ketones is 1. The molecule has 0 radical (unpaired) electrons. The maximum atomic E-state index is 12.6. The fourth-order valence-corrected chi connectivity index (χ4v) is 2.78. The number of anilines is 1. The summed E-state index contributed by atoms with van der Waals surface area (Å²) in [6.45, 7) is 0.0362. The number of nitrogens with one attached hydrogen (secondary N) is 1. The standard InChI is InChI=1S/C20H15F3N2O5/c21-20(22,23)12-2-4-13(5-3-12)25-19(28)14(9-24)16(27)8-15(26)11-1-6-17-18(7-11)30-10-29-17/h1-7,14-15,26H,8,10H2,(H,25,28). The van der Waals surface area contributed by atoms with Gasteiger partial charge in [-0.2, -0.15) is 18.4 Å². The molecule has 1 amide bonds. The molecule has 2 atom stereocenters. The molecule has 0 saturated carbocycles. The maximum Gasteiger partial charge on any atom is 0.416 e. The second-order valence-corrected chi connectivity index (χ2v) is 6.43. The molecule has 0 aliphatic carbocycles. The number of amides is 1. The molecular formula is C20H15F3N2O5. The average Bonchev–Trinajstić information content (AvgIpc) is 3.16. The van der Waals surface area contributed by atoms with Gasteiger partial charge in [-0.25, -0.2) is 0 Å². The van der Waals surface area contributed by atoms with Crippen molar-refractivity contribution in [2.45, 2.75) is 18.7 Å². The number of alkyl halides is 3. The Morgan fingerprint density at radius 1 is 1.13 bits per heavy atom. The number of halogens is 3. The number of nitrogens with zero attached hydrogens (tertiary/aromatic N) is 1. The first-order valence-electron chi connectivity index (χ1n) is 8.67. The number of ether oxygens (including phenoxy) is 2. The van der Waals surface area contributed by atoms with Crippen LogP contribution < -0.4 is 14.8 Å². The van der Waals surface area contributed by atoms with E-state index >= 15 is 0 Å². The third kappa shape index (κ3) is 4.69. The third-order valence-electron chi connectivity index (χ3n) is 4.37. The van der Waals surface area contributed by atoms with Crippen LogP contribution in [-0.2, 0) is 15.8 Å². The monoisotopic (exact) mass is 420 g/mol. The molecule has 0 fully saturated rings. The zero-order valence-corrected chi connectivity index (χ0v) is 15.3. The Labute approximate surface area is 168 Å². The van der Waals surface area contributed by atoms with Crippen LogP contribution in [0.2, 0.25) is 0 Å². The highest BCUT2D eigenvalue weighted by Crippen LogP contribution is 2.35. The lowest BCUT2D eigenvalue weighted by molar-refractivity contribution is -0.137. The van der Waals surface area contributed by atoms with Gasteiger partial charge in [-0.05, 0) is 42.0 Å². The lowest BCUT2D eigenvalue weighted by Crippen LogP contribution is -2.29. The largest absolute Gasteiger partial charge is 0.454 e. The zero-order chi connectivity index (χ0) is 21.9. The van der Waals surface area contributed by atoms with Gasteiger partial charge in [0.15, 0.2) is 23.2 Å². The first-order chi connectivity index (χ1) is 14.2. The third-order valence-corrected chi connectivity index (χ3v) is 4.37. The van der Waals surface area contributed by atoms with Crippen molar-refractivity contribution in [1.29, 1.82) is 5.26 Å². The SMILES string of the molecule is N#CC(C(=O)CC(O)c1ccc2c(c1)OCO2)C(=O)Nc1ccc(C(F)(F)F)cc1. The summed E-state index contributed by atoms with van der Waals surface area (Å²) in [5.74, 6) is -2.69. The Balaban J connectivity index is 1.63. The number of fused-ring (bicyclic) bond motifs is 1. The quantitative estimate of drug-likeness (QED) is 0.695. The molecule has 2 aromatic rings. The van der Waals surface area contributed by atoms with Crippen LogP contribution >= 0.6 is 0 Å². The van der Waals surface area contributed by atoms with Gasteiger partial charge in [0.1, 0.15) is 0 Å². The van der Waals surface area contributed by atoms with E-state index in [1.807, 2.05) is 0 Å². The molecule has 156 valence electrons. The number of benzene rings is 2. The van der Waals surface area contributed by atoms with Gasteiger partial charge in [0.2, 0.25) is 12.7 Å². The smallest absolute Gasteiger partial charge is 0.416 e. The fourth-order valence-electron chi connectivity index (χ4n) is 2.78. The molecule has 2 aromatic carbocycles. The van der Waals surface area contributed by atoms with Crippen LogP contribution in [0.1, 0.15) is 23.7 Å². The summed E-state index contributed by atoms with van der Waals surface area (Å²) in [7, 11) is 0. The number of carbonyl (C=O) groups excluding carboxylic acids is 2. The van der Waals surface area contributed by atoms with Crippen LogP contribution in [0.25, 0.3) is 0 Å². The van der Waals surface area contributed by atoms with E-state index in [-0.39, 0.29) is 12.5 Å². The first kappa shape index (κ1) is 21.1. The Morgan fingerprint density at radius 2 is 1.80 bits per heavy atom. The fraction of sp³-hybridized carbons (Fsp3) is 0.250. The maximum absolute atomic E-state index is 12.6. The topological polar surface area (TPSA) is 109 Å². The number of rotatable bonds is 6. The Hall–Kier alpha value is -3.58. The van der Waals surface area contributed by atoms with Gasteiger partial charge in [0.05, 0.1) is 17.7 Å². The van der Waals surface area contributed by atoms with E-state index in [0.717, 1.165) is 24.3 Å². The molecule has 10 heteroatoms. The van der Waals surface area contributed by atoms with Gasteiger partial charge >= 0.3 is 6.18 Å². The molecule has 1 heterocycles. The summed E-state index contributed by atoms with van der Waals surface area (Å²) in [5, 5.41) is 21.7. The van der Waals surface area contributed by atoms with Crippen molar-refractivity contribution in [2.75, 3.05) is 12.1 Å². The summed E-state index contributed by atoms with van der Waals surface area (Å²) in [6.07, 6.45) is -6.33. The molecule has 0 bridgehead atoms. The van der Waals surface area contributed by atoms with Crippen LogP contribution in [0.5, 0.6) is 11.5 Å². The molecule has 0 spiro atoms. The molecule has 2 N–H and O–H groups in total. The van der Waals surface area contributed by atoms with Crippen molar-refractivity contribution in [2.24, 2.45) is 5.92 Å². The van der Waals surface area contributed by atoms with Crippen LogP contribution in [-0.4, -0.2) is 23.6 Å². The number of Topliss-reactive ketones (excluding diaryl/α,β-unsaturated/α-hetero) is 1. The van der Waals surface area contributed by atoms with Crippen LogP contribution in [0.15, 0.2) is 42.5 Å². The second-order valence-electron chi connectivity index (χ2n) is 6.43. The van der Waals surface area contributed by atoms with Gasteiger partial charge in [-0.1, -0.05) is 6.07 Å². The van der Waals surface area contributed by atoms with E-state index in [9.17, 15) is 33.1 Å². The van der Waals surface area contributed by atoms with E-state index < -0.39 is 41.9 Å². The number of aliphatic hydroxyl groups is 1. The molecule has 2 unspecified atom stereocenters. The summed E-state index contributed by atoms with van der Waals surface area (Å²) in [4.78, 5) is 24.6. The first-order valence-corrected chi connectivity index (χ1v) is 8.67. The van der Waals surface area contributed by atoms with E-state index in [0.29, 0.717) is 17.1 Å². The zero-order valence-electron chi connectivity index (χ0n) is 15.3. The van der Waals surface area contributed by atoms with Gasteiger partial charge in [0.25, 0.3) is 0 Å². The highest BCUT2D eigenvalue weighted by Gasteiger charge is 2.31. The number of hydrogen-bond acceptors (Lipinski definition) is 6. The lowest BCUT2D eigenvalue weighted by Gasteiger charge is -2.14. The molecule has 0 saturated heterocycles. The van der Waals surface area contributed by atoms with Crippen molar-refractivity contribution in [3.05, 3.63) is 53.6 Å². The number of aliphatic hydroxyl groups excluding tert-OH is 1. The molecule has 7 nitrogen and oxygen atoms in total. The Morgan fingerprint density at radius 3 is 2.43 bits per heavy atom. The van der Waals surface area contributed by atoms with Gasteiger partial charge in [-0.15, -0.1) is 0 Å². The van der Waals surface area contributed by atoms with Crippen LogP contribution in [0.3, 0.4) is 0 Å². The van der Waals surface area contributed by atoms with E-state index in [4.69, 9.17) is 9.47 Å². The second kappa shape index (κ2) is 8.42. The summed E-state index contributed by atoms with van der Waals surface area (Å²) < 4.78 is 48.1. The summed E-state index contributed by atoms with van der Waals surface area (Å²) >= 11 is 0. The highest BCUT2D eigenvalue weighted by atomic mass is 19.4. The predicted molar refractivity (Wildman–Crippen MR) is 96.3 cm³/mol. The highest BCUT2D eigenvalue weighted by molar-refractivity contribution is 6.09. The van der Waals surface area contributed by atoms with Gasteiger partial charge in [-0.3, -0.25) is 9.59 Å². The Kier molecular flexibility index (Phi) is 5.94. The van der Waals surface area contributed by atoms with Crippen molar-refractivity contribution in [3.63, 3.8) is 0 Å². The average molecular weight is 420 g/mol. The number of hydrogen-bond donors (Lipinski definition) is 2. The van der Waals surface area contributed by atoms with Gasteiger partial charge < -0.3 is 19.9 Å². The summed E-state index contributed by atoms with van der Waals surface area (Å²) in [5.41, 5.74) is -0.565. The molecule has 30 heavy (non-hydrogen) atoms. The van der Waals surface area contributed by atoms with Crippen molar-refractivity contribution in [3.8, 4) is 17.6 Å². The van der Waals surface area contributed by atoms with Gasteiger partial charge in [0, 0.05) is 12.1 Å². The molecule has 0 aromatic heterocycles. The number of nitriles is 1. The minimum atomic E-state index is -4.53. The Bertz CT molecular complexity index is 999.